The van der Waals surface area contributed by atoms with Gasteiger partial charge in [-0.2, -0.15) is 0 Å². The van der Waals surface area contributed by atoms with E-state index >= 15 is 0 Å². The van der Waals surface area contributed by atoms with Gasteiger partial charge in [0.05, 0.1) is 5.69 Å². The third kappa shape index (κ3) is 6.55. The Morgan fingerprint density at radius 2 is 1.49 bits per heavy atom. The van der Waals surface area contributed by atoms with Crippen LogP contribution in [0.5, 0.6) is 11.5 Å². The Labute approximate surface area is 217 Å². The fourth-order valence-electron chi connectivity index (χ4n) is 3.88. The fraction of sp³-hybridized carbons (Fsp3) is 0.138. The minimum Gasteiger partial charge on any atom is -0.454 e. The molecule has 37 heavy (non-hydrogen) atoms. The highest BCUT2D eigenvalue weighted by molar-refractivity contribution is 7.89. The molecule has 190 valence electrons. The third-order valence-corrected chi connectivity index (χ3v) is 6.61. The number of nitrogens with one attached hydrogen (secondary N) is 1. The first-order valence-corrected chi connectivity index (χ1v) is 13.5. The maximum absolute atomic E-state index is 13.3. The van der Waals surface area contributed by atoms with Crippen LogP contribution in [0.4, 0.5) is 17.1 Å². The smallest absolute Gasteiger partial charge is 0.255 e. The van der Waals surface area contributed by atoms with E-state index in [0.717, 1.165) is 18.5 Å². The van der Waals surface area contributed by atoms with Crippen LogP contribution < -0.4 is 20.1 Å². The second-order valence-corrected chi connectivity index (χ2v) is 9.97. The van der Waals surface area contributed by atoms with Gasteiger partial charge in [-0.25, -0.2) is 13.6 Å². The normalized spacial score (nSPS) is 11.1. The molecule has 0 radical (unpaired) electrons. The standard InChI is InChI=1S/C29H29N3O4S/c1-2-3-19-32(24-15-9-5-10-16-24)26-20-22(29(33)31-23-13-7-4-8-14-23)21-27(37(30,34)35)28(26)36-25-17-11-6-12-18-25/h4-18,20-21H,2-3,19H2,1H3,(H,31,33)(H2,30,34,35). The van der Waals surface area contributed by atoms with Gasteiger partial charge in [0.15, 0.2) is 5.75 Å². The van der Waals surface area contributed by atoms with Crippen LogP contribution in [-0.4, -0.2) is 20.9 Å². The van der Waals surface area contributed by atoms with E-state index in [4.69, 9.17) is 9.88 Å². The van der Waals surface area contributed by atoms with Gasteiger partial charge < -0.3 is 15.0 Å². The van der Waals surface area contributed by atoms with E-state index in [1.807, 2.05) is 47.4 Å². The lowest BCUT2D eigenvalue weighted by atomic mass is 10.1. The molecule has 4 aromatic rings. The number of nitrogens with zero attached hydrogens (tertiary/aromatic N) is 1. The van der Waals surface area contributed by atoms with E-state index in [1.54, 1.807) is 54.6 Å². The van der Waals surface area contributed by atoms with Gasteiger partial charge in [-0.05, 0) is 55.0 Å². The molecule has 4 aromatic carbocycles. The van der Waals surface area contributed by atoms with Crippen molar-refractivity contribution in [2.75, 3.05) is 16.8 Å². The molecule has 0 aromatic heterocycles. The van der Waals surface area contributed by atoms with Crippen molar-refractivity contribution in [3.05, 3.63) is 109 Å². The van der Waals surface area contributed by atoms with Crippen LogP contribution in [0.2, 0.25) is 0 Å². The predicted molar refractivity (Wildman–Crippen MR) is 147 cm³/mol. The molecule has 0 fully saturated rings. The highest BCUT2D eigenvalue weighted by atomic mass is 32.2. The van der Waals surface area contributed by atoms with Crippen LogP contribution in [-0.2, 0) is 10.0 Å². The van der Waals surface area contributed by atoms with E-state index in [2.05, 4.69) is 12.2 Å². The summed E-state index contributed by atoms with van der Waals surface area (Å²) in [5.74, 6) is 0.0377. The molecular formula is C29H29N3O4S. The van der Waals surface area contributed by atoms with Crippen molar-refractivity contribution in [2.24, 2.45) is 5.14 Å². The van der Waals surface area contributed by atoms with E-state index in [1.165, 1.54) is 6.07 Å². The Balaban J connectivity index is 1.93. The number of rotatable bonds is 10. The van der Waals surface area contributed by atoms with Gasteiger partial charge in [-0.1, -0.05) is 67.9 Å². The molecule has 0 aliphatic heterocycles. The minimum atomic E-state index is -4.27. The van der Waals surface area contributed by atoms with E-state index in [0.29, 0.717) is 23.7 Å². The first kappa shape index (κ1) is 25.9. The lowest BCUT2D eigenvalue weighted by molar-refractivity contribution is 0.102. The van der Waals surface area contributed by atoms with E-state index < -0.39 is 15.9 Å². The van der Waals surface area contributed by atoms with Crippen molar-refractivity contribution < 1.29 is 17.9 Å². The first-order valence-electron chi connectivity index (χ1n) is 12.0. The van der Waals surface area contributed by atoms with Crippen molar-refractivity contribution in [2.45, 2.75) is 24.7 Å². The highest BCUT2D eigenvalue weighted by Gasteiger charge is 2.27. The monoisotopic (exact) mass is 515 g/mol. The van der Waals surface area contributed by atoms with Crippen LogP contribution in [0.1, 0.15) is 30.1 Å². The zero-order valence-electron chi connectivity index (χ0n) is 20.5. The molecule has 0 saturated carbocycles. The van der Waals surface area contributed by atoms with Gasteiger partial charge in [-0.3, -0.25) is 4.79 Å². The lowest BCUT2D eigenvalue weighted by Gasteiger charge is -2.28. The Kier molecular flexibility index (Phi) is 8.22. The second kappa shape index (κ2) is 11.7. The molecule has 0 atom stereocenters. The maximum atomic E-state index is 13.3. The molecule has 8 heteroatoms. The van der Waals surface area contributed by atoms with Gasteiger partial charge in [0, 0.05) is 23.5 Å². The number of nitrogens with two attached hydrogens (primary N) is 1. The van der Waals surface area contributed by atoms with Gasteiger partial charge in [-0.15, -0.1) is 0 Å². The number of carbonyl (C=O) groups is 1. The average molecular weight is 516 g/mol. The molecule has 1 amide bonds. The minimum absolute atomic E-state index is 0.0601. The summed E-state index contributed by atoms with van der Waals surface area (Å²) in [5, 5.41) is 8.50. The number of hydrogen-bond donors (Lipinski definition) is 2. The molecule has 0 saturated heterocycles. The van der Waals surface area contributed by atoms with Gasteiger partial charge in [0.2, 0.25) is 10.0 Å². The van der Waals surface area contributed by atoms with Crippen LogP contribution in [0, 0.1) is 0 Å². The Bertz CT molecular complexity index is 1440. The first-order chi connectivity index (χ1) is 17.9. The van der Waals surface area contributed by atoms with Crippen molar-refractivity contribution in [1.82, 2.24) is 0 Å². The molecule has 7 nitrogen and oxygen atoms in total. The number of amides is 1. The molecule has 0 unspecified atom stereocenters. The predicted octanol–water partition coefficient (Wildman–Crippen LogP) is 6.32. The van der Waals surface area contributed by atoms with Crippen LogP contribution in [0.15, 0.2) is 108 Å². The van der Waals surface area contributed by atoms with Crippen molar-refractivity contribution in [1.29, 1.82) is 0 Å². The molecule has 3 N–H and O–H groups in total. The molecule has 0 bridgehead atoms. The van der Waals surface area contributed by atoms with Crippen LogP contribution in [0.3, 0.4) is 0 Å². The number of sulfonamides is 1. The van der Waals surface area contributed by atoms with Gasteiger partial charge >= 0.3 is 0 Å². The zero-order valence-corrected chi connectivity index (χ0v) is 21.3. The highest BCUT2D eigenvalue weighted by Crippen LogP contribution is 2.42. The quantitative estimate of drug-likeness (QED) is 0.257. The number of unbranched alkanes of at least 4 members (excludes halogenated alkanes) is 1. The lowest BCUT2D eigenvalue weighted by Crippen LogP contribution is -2.23. The molecule has 0 heterocycles. The van der Waals surface area contributed by atoms with Gasteiger partial charge in [0.25, 0.3) is 5.91 Å². The second-order valence-electron chi connectivity index (χ2n) is 8.44. The Morgan fingerprint density at radius 3 is 2.08 bits per heavy atom. The largest absolute Gasteiger partial charge is 0.454 e. The fourth-order valence-corrected chi connectivity index (χ4v) is 4.57. The Hall–Kier alpha value is -4.14. The number of ether oxygens (including phenoxy) is 1. The van der Waals surface area contributed by atoms with E-state index in [9.17, 15) is 13.2 Å². The van der Waals surface area contributed by atoms with Crippen LogP contribution in [0.25, 0.3) is 0 Å². The number of hydrogen-bond acceptors (Lipinski definition) is 5. The van der Waals surface area contributed by atoms with Crippen molar-refractivity contribution in [3.63, 3.8) is 0 Å². The molecule has 4 rings (SSSR count). The number of benzene rings is 4. The van der Waals surface area contributed by atoms with Gasteiger partial charge in [0.1, 0.15) is 10.6 Å². The van der Waals surface area contributed by atoms with Crippen molar-refractivity contribution >= 4 is 33.0 Å². The average Bonchev–Trinajstić information content (AvgIpc) is 2.90. The molecule has 0 aliphatic carbocycles. The summed E-state index contributed by atoms with van der Waals surface area (Å²) in [7, 11) is -4.27. The summed E-state index contributed by atoms with van der Waals surface area (Å²) < 4.78 is 31.9. The van der Waals surface area contributed by atoms with Crippen LogP contribution >= 0.6 is 0 Å². The summed E-state index contributed by atoms with van der Waals surface area (Å²) in [6.45, 7) is 2.64. The number of para-hydroxylation sites is 3. The van der Waals surface area contributed by atoms with Crippen molar-refractivity contribution in [3.8, 4) is 11.5 Å². The number of anilines is 3. The topological polar surface area (TPSA) is 102 Å². The summed E-state index contributed by atoms with van der Waals surface area (Å²) in [4.78, 5) is 15.0. The summed E-state index contributed by atoms with van der Waals surface area (Å²) in [6.07, 6.45) is 1.74. The third-order valence-electron chi connectivity index (χ3n) is 5.69. The number of primary sulfonamides is 1. The molecule has 0 aliphatic rings. The SMILES string of the molecule is CCCCN(c1ccccc1)c1cc(C(=O)Nc2ccccc2)cc(S(N)(=O)=O)c1Oc1ccccc1. The summed E-state index contributed by atoms with van der Waals surface area (Å²) in [5.41, 5.74) is 1.98. The Morgan fingerprint density at radius 1 is 0.892 bits per heavy atom. The van der Waals surface area contributed by atoms with E-state index in [-0.39, 0.29) is 16.2 Å². The zero-order chi connectivity index (χ0) is 26.3. The number of carbonyl (C=O) groups excluding carboxylic acids is 1. The summed E-state index contributed by atoms with van der Waals surface area (Å²) >= 11 is 0. The molecular weight excluding hydrogens is 486 g/mol. The molecule has 0 spiro atoms. The summed E-state index contributed by atoms with van der Waals surface area (Å²) in [6, 6.07) is 30.3. The maximum Gasteiger partial charge on any atom is 0.255 e.